The van der Waals surface area contributed by atoms with Crippen molar-refractivity contribution >= 4 is 22.4 Å². The molecule has 2 atom stereocenters. The number of nitrogens with zero attached hydrogens (tertiary/aromatic N) is 2. The summed E-state index contributed by atoms with van der Waals surface area (Å²) in [4.78, 5) is 17.0. The molecule has 0 amide bonds. The van der Waals surface area contributed by atoms with Gasteiger partial charge in [0, 0.05) is 47.7 Å². The van der Waals surface area contributed by atoms with Gasteiger partial charge in [-0.1, -0.05) is 97.1 Å². The van der Waals surface area contributed by atoms with Crippen molar-refractivity contribution in [2.45, 2.75) is 30.3 Å². The number of anilines is 1. The lowest BCUT2D eigenvalue weighted by molar-refractivity contribution is -0.121. The largest absolute Gasteiger partial charge is 0.362 e. The second-order valence-electron chi connectivity index (χ2n) is 10.1. The van der Waals surface area contributed by atoms with Gasteiger partial charge in [-0.3, -0.25) is 4.79 Å². The van der Waals surface area contributed by atoms with Crippen LogP contribution in [0.2, 0.25) is 0 Å². The Hall–Kier alpha value is -4.11. The maximum atomic E-state index is 14.6. The van der Waals surface area contributed by atoms with Crippen molar-refractivity contribution in [2.75, 3.05) is 4.90 Å². The molecule has 1 aromatic heterocycles. The van der Waals surface area contributed by atoms with E-state index in [0.29, 0.717) is 12.2 Å². The number of para-hydroxylation sites is 2. The average Bonchev–Trinajstić information content (AvgIpc) is 3.41. The zero-order chi connectivity index (χ0) is 24.3. The van der Waals surface area contributed by atoms with Crippen LogP contribution in [0.1, 0.15) is 34.7 Å². The number of carbonyl (C=O) groups is 1. The quantitative estimate of drug-likeness (QED) is 0.298. The van der Waals surface area contributed by atoms with Gasteiger partial charge >= 0.3 is 0 Å². The Bertz CT molecular complexity index is 1530. The fraction of sp³-hybridized carbons (Fsp3) is 0.182. The van der Waals surface area contributed by atoms with Gasteiger partial charge < -0.3 is 9.47 Å². The van der Waals surface area contributed by atoms with Crippen LogP contribution < -0.4 is 4.90 Å². The molecule has 1 aliphatic heterocycles. The van der Waals surface area contributed by atoms with Gasteiger partial charge in [0.1, 0.15) is 0 Å². The molecule has 0 radical (unpaired) electrons. The van der Waals surface area contributed by atoms with Crippen LogP contribution in [-0.4, -0.2) is 16.4 Å². The third kappa shape index (κ3) is 2.77. The van der Waals surface area contributed by atoms with Crippen LogP contribution in [0.15, 0.2) is 115 Å². The smallest absolute Gasteiger partial charge is 0.150 e. The van der Waals surface area contributed by atoms with Crippen molar-refractivity contribution in [1.82, 2.24) is 4.57 Å². The molecule has 36 heavy (non-hydrogen) atoms. The van der Waals surface area contributed by atoms with Crippen LogP contribution in [0.5, 0.6) is 0 Å². The number of fused-ring (bicyclic) bond motifs is 5. The summed E-state index contributed by atoms with van der Waals surface area (Å²) in [5, 5.41) is 1.27. The van der Waals surface area contributed by atoms with Gasteiger partial charge in [0.25, 0.3) is 0 Å². The number of aryl methyl sites for hydroxylation is 1. The van der Waals surface area contributed by atoms with Crippen LogP contribution in [0, 0.1) is 0 Å². The first-order valence-corrected chi connectivity index (χ1v) is 12.7. The normalized spacial score (nSPS) is 20.4. The van der Waals surface area contributed by atoms with E-state index in [1.165, 1.54) is 27.8 Å². The molecule has 0 spiro atoms. The van der Waals surface area contributed by atoms with Gasteiger partial charge in [-0.05, 0) is 34.9 Å². The van der Waals surface area contributed by atoms with E-state index in [9.17, 15) is 4.79 Å². The molecule has 1 saturated carbocycles. The number of hydrogen-bond donors (Lipinski definition) is 0. The molecular formula is C33H28N2O. The van der Waals surface area contributed by atoms with Crippen molar-refractivity contribution in [3.05, 3.63) is 138 Å². The van der Waals surface area contributed by atoms with Crippen LogP contribution in [0.3, 0.4) is 0 Å². The van der Waals surface area contributed by atoms with Gasteiger partial charge in [-0.15, -0.1) is 0 Å². The third-order valence-electron chi connectivity index (χ3n) is 8.53. The summed E-state index contributed by atoms with van der Waals surface area (Å²) >= 11 is 0. The summed E-state index contributed by atoms with van der Waals surface area (Å²) < 4.78 is 2.35. The minimum atomic E-state index is -0.750. The molecule has 2 aliphatic rings. The summed E-state index contributed by atoms with van der Waals surface area (Å²) in [6.07, 6.45) is 0.520. The molecular weight excluding hydrogens is 440 g/mol. The predicted octanol–water partition coefficient (Wildman–Crippen LogP) is 6.61. The SMILES string of the molecule is Cn1c2c(c3ccccc31)[C@@H]1[C@@H](CC(=O)C1(c1ccccc1)c1ccccc1)N(c1ccccc1)C2. The lowest BCUT2D eigenvalue weighted by Gasteiger charge is -2.45. The van der Waals surface area contributed by atoms with Crippen molar-refractivity contribution in [3.63, 3.8) is 0 Å². The highest BCUT2D eigenvalue weighted by Crippen LogP contribution is 2.59. The van der Waals surface area contributed by atoms with Crippen molar-refractivity contribution in [2.24, 2.45) is 7.05 Å². The molecule has 176 valence electrons. The molecule has 3 nitrogen and oxygen atoms in total. The fourth-order valence-electron chi connectivity index (χ4n) is 7.07. The molecule has 0 bridgehead atoms. The Morgan fingerprint density at radius 2 is 1.28 bits per heavy atom. The van der Waals surface area contributed by atoms with Gasteiger partial charge in [0.2, 0.25) is 0 Å². The Kier molecular flexibility index (Phi) is 4.69. The number of benzene rings is 4. The highest BCUT2D eigenvalue weighted by molar-refractivity contribution is 6.01. The Morgan fingerprint density at radius 3 is 1.92 bits per heavy atom. The lowest BCUT2D eigenvalue weighted by atomic mass is 9.63. The van der Waals surface area contributed by atoms with Crippen molar-refractivity contribution in [1.29, 1.82) is 0 Å². The monoisotopic (exact) mass is 468 g/mol. The maximum absolute atomic E-state index is 14.6. The number of ketones is 1. The summed E-state index contributed by atoms with van der Waals surface area (Å²) in [5.41, 5.74) is 6.46. The lowest BCUT2D eigenvalue weighted by Crippen LogP contribution is -2.47. The van der Waals surface area contributed by atoms with Crippen molar-refractivity contribution < 1.29 is 4.79 Å². The molecule has 7 rings (SSSR count). The molecule has 3 heteroatoms. The summed E-state index contributed by atoms with van der Waals surface area (Å²) in [5.74, 6) is 0.293. The summed E-state index contributed by atoms with van der Waals surface area (Å²) in [6.45, 7) is 0.790. The van der Waals surface area contributed by atoms with Crippen LogP contribution in [0.25, 0.3) is 10.9 Å². The Labute approximate surface area is 211 Å². The van der Waals surface area contributed by atoms with E-state index in [-0.39, 0.29) is 12.0 Å². The second-order valence-corrected chi connectivity index (χ2v) is 10.1. The van der Waals surface area contributed by atoms with Gasteiger partial charge in [-0.25, -0.2) is 0 Å². The van der Waals surface area contributed by atoms with Crippen LogP contribution >= 0.6 is 0 Å². The van der Waals surface area contributed by atoms with E-state index in [2.05, 4.69) is 120 Å². The van der Waals surface area contributed by atoms with Gasteiger partial charge in [-0.2, -0.15) is 0 Å². The first-order chi connectivity index (χ1) is 17.7. The molecule has 1 aliphatic carbocycles. The van der Waals surface area contributed by atoms with E-state index in [4.69, 9.17) is 0 Å². The number of aromatic nitrogens is 1. The van der Waals surface area contributed by atoms with Gasteiger partial charge in [0.15, 0.2) is 5.78 Å². The average molecular weight is 469 g/mol. The van der Waals surface area contributed by atoms with E-state index >= 15 is 0 Å². The number of rotatable bonds is 3. The minimum absolute atomic E-state index is 0.00939. The highest BCUT2D eigenvalue weighted by Gasteiger charge is 2.61. The van der Waals surface area contributed by atoms with Crippen LogP contribution in [-0.2, 0) is 23.8 Å². The first-order valence-electron chi connectivity index (χ1n) is 12.7. The molecule has 0 saturated heterocycles. The van der Waals surface area contributed by atoms with Gasteiger partial charge in [0.05, 0.1) is 12.0 Å². The zero-order valence-corrected chi connectivity index (χ0v) is 20.3. The number of hydrogen-bond acceptors (Lipinski definition) is 2. The minimum Gasteiger partial charge on any atom is -0.362 e. The third-order valence-corrected chi connectivity index (χ3v) is 8.53. The molecule has 2 heterocycles. The first kappa shape index (κ1) is 21.2. The topological polar surface area (TPSA) is 25.2 Å². The predicted molar refractivity (Wildman–Crippen MR) is 145 cm³/mol. The summed E-state index contributed by atoms with van der Waals surface area (Å²) in [6, 6.07) is 40.4. The fourth-order valence-corrected chi connectivity index (χ4v) is 7.07. The highest BCUT2D eigenvalue weighted by atomic mass is 16.1. The van der Waals surface area contributed by atoms with E-state index in [1.54, 1.807) is 0 Å². The number of carbonyl (C=O) groups excluding carboxylic acids is 1. The van der Waals surface area contributed by atoms with Crippen LogP contribution in [0.4, 0.5) is 5.69 Å². The molecule has 1 fully saturated rings. The number of Topliss-reactive ketones (excluding diaryl/α,β-unsaturated/α-hetero) is 1. The summed E-state index contributed by atoms with van der Waals surface area (Å²) in [7, 11) is 2.17. The van der Waals surface area contributed by atoms with Crippen molar-refractivity contribution in [3.8, 4) is 0 Å². The zero-order valence-electron chi connectivity index (χ0n) is 20.3. The van der Waals surface area contributed by atoms with E-state index in [0.717, 1.165) is 17.7 Å². The van der Waals surface area contributed by atoms with E-state index in [1.807, 2.05) is 12.1 Å². The molecule has 0 unspecified atom stereocenters. The Morgan fingerprint density at radius 1 is 0.722 bits per heavy atom. The maximum Gasteiger partial charge on any atom is 0.150 e. The van der Waals surface area contributed by atoms with E-state index < -0.39 is 5.41 Å². The standard InChI is InChI=1S/C33H28N2O/c1-34-27-20-12-11-19-26(27)31-29(34)22-35(25-17-9-4-10-18-25)28-21-30(36)33(32(28)31,23-13-5-2-6-14-23)24-15-7-3-8-16-24/h2-20,28,32H,21-22H2,1H3/t28-,32+/m1/s1. The Balaban J connectivity index is 1.60. The molecule has 0 N–H and O–H groups in total. The second kappa shape index (κ2) is 7.96. The molecule has 5 aromatic rings. The molecule has 4 aromatic carbocycles.